The van der Waals surface area contributed by atoms with Crippen LogP contribution in [0.2, 0.25) is 0 Å². The first-order valence-electron chi connectivity index (χ1n) is 16.1. The molecule has 2 fully saturated rings. The first kappa shape index (κ1) is 32.3. The van der Waals surface area contributed by atoms with Gasteiger partial charge < -0.3 is 24.6 Å². The van der Waals surface area contributed by atoms with E-state index in [0.29, 0.717) is 41.4 Å². The quantitative estimate of drug-likeness (QED) is 0.230. The van der Waals surface area contributed by atoms with Crippen molar-refractivity contribution < 1.29 is 19.3 Å². The molecule has 1 aliphatic carbocycles. The SMILES string of the molecule is C[C@@H]1CN([C@H]2CC[C@H](n3cc(Nc4ncc(-c5ccc(C#N)c(O[C@@H](C)Cn6cnnn6)c5)cn4)c(OCCO)n3)CC2)C[C@H](C)O1. The van der Waals surface area contributed by atoms with Gasteiger partial charge in [0.15, 0.2) is 0 Å². The second-order valence-electron chi connectivity index (χ2n) is 12.3. The standard InChI is InChI=1S/C32H41N11O4/c1-21-16-41(17-22(2)46-21)27-6-8-28(9-7-27)43-19-29(31(38-43)45-11-10-44)37-32-34-14-26(15-35-32)24-4-5-25(13-33)30(12-24)47-23(3)18-42-20-36-39-40-42/h4-5,12,14-15,19-23,27-28,44H,6-11,16-18H2,1-3H3,(H,34,35,37)/t21-,22+,23-,27-,28-/m0/s1. The number of nitriles is 1. The number of nitrogens with zero attached hydrogens (tertiary/aromatic N) is 10. The molecule has 6 rings (SSSR count). The Labute approximate surface area is 273 Å². The van der Waals surface area contributed by atoms with Crippen LogP contribution in [-0.4, -0.2) is 101 Å². The zero-order chi connectivity index (χ0) is 32.8. The van der Waals surface area contributed by atoms with Gasteiger partial charge in [-0.3, -0.25) is 9.58 Å². The maximum Gasteiger partial charge on any atom is 0.257 e. The van der Waals surface area contributed by atoms with Crippen LogP contribution >= 0.6 is 0 Å². The molecule has 1 aliphatic heterocycles. The van der Waals surface area contributed by atoms with Gasteiger partial charge >= 0.3 is 0 Å². The van der Waals surface area contributed by atoms with Crippen molar-refractivity contribution in [3.63, 3.8) is 0 Å². The number of aliphatic hydroxyl groups excluding tert-OH is 1. The van der Waals surface area contributed by atoms with Gasteiger partial charge in [-0.2, -0.15) is 5.26 Å². The van der Waals surface area contributed by atoms with E-state index in [1.807, 2.05) is 23.9 Å². The van der Waals surface area contributed by atoms with Gasteiger partial charge in [-0.25, -0.2) is 14.6 Å². The third-order valence-electron chi connectivity index (χ3n) is 8.53. The Bertz CT molecular complexity index is 1620. The van der Waals surface area contributed by atoms with Gasteiger partial charge in [0, 0.05) is 37.1 Å². The van der Waals surface area contributed by atoms with Gasteiger partial charge in [0.25, 0.3) is 5.88 Å². The van der Waals surface area contributed by atoms with Gasteiger partial charge in [0.1, 0.15) is 36.5 Å². The Kier molecular flexibility index (Phi) is 10.2. The summed E-state index contributed by atoms with van der Waals surface area (Å²) in [5, 5.41) is 38.2. The van der Waals surface area contributed by atoms with Crippen LogP contribution < -0.4 is 14.8 Å². The molecule has 1 saturated heterocycles. The Balaban J connectivity index is 1.12. The first-order chi connectivity index (χ1) is 22.9. The molecule has 15 heteroatoms. The lowest BCUT2D eigenvalue weighted by Crippen LogP contribution is -2.51. The van der Waals surface area contributed by atoms with E-state index in [1.54, 1.807) is 29.2 Å². The summed E-state index contributed by atoms with van der Waals surface area (Å²) in [5.41, 5.74) is 2.61. The van der Waals surface area contributed by atoms with Crippen molar-refractivity contribution in [1.82, 2.24) is 44.9 Å². The van der Waals surface area contributed by atoms with E-state index in [-0.39, 0.29) is 37.6 Å². The molecule has 248 valence electrons. The number of anilines is 2. The number of ether oxygens (including phenoxy) is 3. The minimum Gasteiger partial charge on any atom is -0.487 e. The lowest BCUT2D eigenvalue weighted by Gasteiger charge is -2.42. The van der Waals surface area contributed by atoms with E-state index in [1.165, 1.54) is 6.33 Å². The predicted molar refractivity (Wildman–Crippen MR) is 171 cm³/mol. The monoisotopic (exact) mass is 643 g/mol. The van der Waals surface area contributed by atoms with Crippen LogP contribution in [-0.2, 0) is 11.3 Å². The van der Waals surface area contributed by atoms with Gasteiger partial charge in [-0.15, -0.1) is 10.2 Å². The van der Waals surface area contributed by atoms with Gasteiger partial charge in [0.05, 0.1) is 43.2 Å². The molecule has 2 aliphatic rings. The van der Waals surface area contributed by atoms with Crippen molar-refractivity contribution in [3.05, 3.63) is 48.7 Å². The number of rotatable bonds is 12. The molecule has 0 amide bonds. The van der Waals surface area contributed by atoms with Crippen LogP contribution in [0.5, 0.6) is 11.6 Å². The number of nitrogens with one attached hydrogen (secondary N) is 1. The maximum atomic E-state index is 9.63. The molecule has 1 saturated carbocycles. The number of aliphatic hydroxyl groups is 1. The predicted octanol–water partition coefficient (Wildman–Crippen LogP) is 3.37. The molecule has 4 heterocycles. The van der Waals surface area contributed by atoms with Crippen LogP contribution in [0.15, 0.2) is 43.1 Å². The van der Waals surface area contributed by atoms with Crippen molar-refractivity contribution >= 4 is 11.6 Å². The van der Waals surface area contributed by atoms with Crippen LogP contribution in [0.3, 0.4) is 0 Å². The van der Waals surface area contributed by atoms with E-state index in [0.717, 1.165) is 49.9 Å². The van der Waals surface area contributed by atoms with Crippen molar-refractivity contribution in [2.45, 2.75) is 83.4 Å². The fourth-order valence-corrected chi connectivity index (χ4v) is 6.44. The van der Waals surface area contributed by atoms with Crippen molar-refractivity contribution in [1.29, 1.82) is 5.26 Å². The molecule has 47 heavy (non-hydrogen) atoms. The highest BCUT2D eigenvalue weighted by molar-refractivity contribution is 5.67. The third-order valence-corrected chi connectivity index (χ3v) is 8.53. The average molecular weight is 644 g/mol. The largest absolute Gasteiger partial charge is 0.487 e. The topological polar surface area (TPSA) is 174 Å². The van der Waals surface area contributed by atoms with Crippen LogP contribution in [0.4, 0.5) is 11.6 Å². The van der Waals surface area contributed by atoms with Gasteiger partial charge in [-0.1, -0.05) is 6.07 Å². The molecular formula is C32H41N11O4. The highest BCUT2D eigenvalue weighted by Crippen LogP contribution is 2.35. The highest BCUT2D eigenvalue weighted by atomic mass is 16.5. The van der Waals surface area contributed by atoms with Gasteiger partial charge in [0.2, 0.25) is 5.95 Å². The van der Waals surface area contributed by atoms with E-state index in [4.69, 9.17) is 19.3 Å². The fourth-order valence-electron chi connectivity index (χ4n) is 6.44. The van der Waals surface area contributed by atoms with Crippen LogP contribution in [0.25, 0.3) is 11.1 Å². The van der Waals surface area contributed by atoms with Crippen molar-refractivity contribution in [2.75, 3.05) is 31.6 Å². The summed E-state index contributed by atoms with van der Waals surface area (Å²) in [4.78, 5) is 11.7. The Morgan fingerprint density at radius 1 is 1.09 bits per heavy atom. The number of hydrogen-bond donors (Lipinski definition) is 2. The Hall–Kier alpha value is -4.65. The highest BCUT2D eigenvalue weighted by Gasteiger charge is 2.32. The molecule has 15 nitrogen and oxygen atoms in total. The van der Waals surface area contributed by atoms with Gasteiger partial charge in [-0.05, 0) is 74.6 Å². The lowest BCUT2D eigenvalue weighted by molar-refractivity contribution is -0.0852. The lowest BCUT2D eigenvalue weighted by atomic mass is 9.89. The smallest absolute Gasteiger partial charge is 0.257 e. The first-order valence-corrected chi connectivity index (χ1v) is 16.1. The summed E-state index contributed by atoms with van der Waals surface area (Å²) in [6, 6.07) is 8.36. The Morgan fingerprint density at radius 2 is 1.83 bits per heavy atom. The average Bonchev–Trinajstić information content (AvgIpc) is 3.73. The Morgan fingerprint density at radius 3 is 2.51 bits per heavy atom. The normalized spacial score (nSPS) is 22.4. The zero-order valence-electron chi connectivity index (χ0n) is 26.9. The number of aromatic nitrogens is 8. The second kappa shape index (κ2) is 14.8. The molecule has 1 aromatic carbocycles. The molecule has 0 radical (unpaired) electrons. The molecular weight excluding hydrogens is 602 g/mol. The molecule has 0 unspecified atom stereocenters. The van der Waals surface area contributed by atoms with Crippen molar-refractivity contribution in [2.24, 2.45) is 0 Å². The molecule has 0 spiro atoms. The van der Waals surface area contributed by atoms with Crippen molar-refractivity contribution in [3.8, 4) is 28.8 Å². The summed E-state index contributed by atoms with van der Waals surface area (Å²) >= 11 is 0. The minimum absolute atomic E-state index is 0.119. The summed E-state index contributed by atoms with van der Waals surface area (Å²) in [5.74, 6) is 1.23. The van der Waals surface area contributed by atoms with E-state index >= 15 is 0 Å². The summed E-state index contributed by atoms with van der Waals surface area (Å²) in [6.07, 6.45) is 11.3. The van der Waals surface area contributed by atoms with E-state index in [2.05, 4.69) is 55.6 Å². The number of benzene rings is 1. The third kappa shape index (κ3) is 8.02. The summed E-state index contributed by atoms with van der Waals surface area (Å²) in [6.45, 7) is 8.59. The summed E-state index contributed by atoms with van der Waals surface area (Å²) < 4.78 is 21.3. The number of tetrazole rings is 1. The summed E-state index contributed by atoms with van der Waals surface area (Å²) in [7, 11) is 0. The zero-order valence-corrected chi connectivity index (χ0v) is 26.9. The van der Waals surface area contributed by atoms with E-state index < -0.39 is 0 Å². The fraction of sp³-hybridized carbons (Fsp3) is 0.531. The number of hydrogen-bond acceptors (Lipinski definition) is 13. The maximum absolute atomic E-state index is 9.63. The van der Waals surface area contributed by atoms with E-state index in [9.17, 15) is 10.4 Å². The molecule has 3 aromatic heterocycles. The van der Waals surface area contributed by atoms with Crippen LogP contribution in [0.1, 0.15) is 58.1 Å². The molecule has 0 bridgehead atoms. The minimum atomic E-state index is -0.278. The molecule has 2 N–H and O–H groups in total. The second-order valence-corrected chi connectivity index (χ2v) is 12.3. The molecule has 3 atom stereocenters. The number of morpholine rings is 1. The van der Waals surface area contributed by atoms with Crippen LogP contribution in [0, 0.1) is 11.3 Å². The molecule has 4 aromatic rings.